The number of piperidine rings is 1. The number of amides is 2. The van der Waals surface area contributed by atoms with E-state index in [0.29, 0.717) is 19.4 Å². The van der Waals surface area contributed by atoms with Crippen molar-refractivity contribution in [2.24, 2.45) is 5.92 Å². The highest BCUT2D eigenvalue weighted by molar-refractivity contribution is 8.01. The lowest BCUT2D eigenvalue weighted by molar-refractivity contribution is 0.0725. The van der Waals surface area contributed by atoms with Crippen LogP contribution in [-0.2, 0) is 0 Å². The van der Waals surface area contributed by atoms with E-state index in [1.54, 1.807) is 16.7 Å². The van der Waals surface area contributed by atoms with E-state index in [1.165, 1.54) is 0 Å². The number of rotatable bonds is 6. The van der Waals surface area contributed by atoms with Crippen LogP contribution in [-0.4, -0.2) is 36.2 Å². The first kappa shape index (κ1) is 19.8. The number of nitrogens with one attached hydrogen (secondary N) is 1. The maximum Gasteiger partial charge on any atom is 0.318 e. The number of hydrogen-bond donors (Lipinski definition) is 1. The zero-order chi connectivity index (χ0) is 18.2. The molecule has 3 unspecified atom stereocenters. The number of alkyl halides is 2. The van der Waals surface area contributed by atoms with E-state index < -0.39 is 6.43 Å². The molecular formula is C19H26F2N2OS. The van der Waals surface area contributed by atoms with E-state index >= 15 is 0 Å². The molecule has 1 aliphatic heterocycles. The van der Waals surface area contributed by atoms with Gasteiger partial charge in [-0.15, -0.1) is 11.8 Å². The van der Waals surface area contributed by atoms with Gasteiger partial charge in [-0.2, -0.15) is 0 Å². The van der Waals surface area contributed by atoms with Crippen molar-refractivity contribution < 1.29 is 13.6 Å². The van der Waals surface area contributed by atoms with E-state index in [0.717, 1.165) is 5.56 Å². The smallest absolute Gasteiger partial charge is 0.318 e. The van der Waals surface area contributed by atoms with Gasteiger partial charge in [-0.05, 0) is 42.9 Å². The van der Waals surface area contributed by atoms with Crippen LogP contribution in [0.2, 0.25) is 0 Å². The Kier molecular flexibility index (Phi) is 7.75. The van der Waals surface area contributed by atoms with Gasteiger partial charge in [-0.3, -0.25) is 0 Å². The Balaban J connectivity index is 2.11. The highest BCUT2D eigenvalue weighted by atomic mass is 32.2. The Bertz CT molecular complexity index is 568. The van der Waals surface area contributed by atoms with E-state index in [2.05, 4.69) is 5.32 Å². The van der Waals surface area contributed by atoms with Gasteiger partial charge in [-0.1, -0.05) is 36.4 Å². The molecule has 3 atom stereocenters. The maximum absolute atomic E-state index is 12.8. The molecule has 2 amide bonds. The molecule has 1 aromatic rings. The number of likely N-dealkylation sites (tertiary alicyclic amines) is 1. The van der Waals surface area contributed by atoms with Gasteiger partial charge in [-0.25, -0.2) is 13.6 Å². The van der Waals surface area contributed by atoms with E-state index in [4.69, 9.17) is 0 Å². The first-order valence-corrected chi connectivity index (χ1v) is 9.89. The SMILES string of the molecule is CS/C=C/C(C)NC(=O)N1CCC(CC(F)F)CC1c1ccccc1. The van der Waals surface area contributed by atoms with Crippen LogP contribution >= 0.6 is 11.8 Å². The normalized spacial score (nSPS) is 22.4. The molecule has 1 aliphatic rings. The third-order valence-corrected chi connectivity index (χ3v) is 4.95. The van der Waals surface area contributed by atoms with Gasteiger partial charge in [0.2, 0.25) is 6.43 Å². The van der Waals surface area contributed by atoms with Crippen molar-refractivity contribution in [3.63, 3.8) is 0 Å². The fourth-order valence-corrected chi connectivity index (χ4v) is 3.65. The summed E-state index contributed by atoms with van der Waals surface area (Å²) >= 11 is 1.58. The summed E-state index contributed by atoms with van der Waals surface area (Å²) in [5, 5.41) is 4.92. The second-order valence-corrected chi connectivity index (χ2v) is 7.18. The summed E-state index contributed by atoms with van der Waals surface area (Å²) < 4.78 is 25.6. The third-order valence-electron chi connectivity index (χ3n) is 4.52. The summed E-state index contributed by atoms with van der Waals surface area (Å²) in [5.41, 5.74) is 1.00. The molecule has 6 heteroatoms. The Hall–Kier alpha value is -1.56. The van der Waals surface area contributed by atoms with Gasteiger partial charge in [0, 0.05) is 19.0 Å². The van der Waals surface area contributed by atoms with Crippen molar-refractivity contribution in [2.45, 2.75) is 44.7 Å². The number of nitrogens with zero attached hydrogens (tertiary/aromatic N) is 1. The molecule has 1 heterocycles. The van der Waals surface area contributed by atoms with Gasteiger partial charge in [0.15, 0.2) is 0 Å². The summed E-state index contributed by atoms with van der Waals surface area (Å²) in [6, 6.07) is 9.33. The van der Waals surface area contributed by atoms with Crippen LogP contribution in [0, 0.1) is 5.92 Å². The van der Waals surface area contributed by atoms with Crippen LogP contribution in [0.5, 0.6) is 0 Å². The van der Waals surface area contributed by atoms with Gasteiger partial charge < -0.3 is 10.2 Å². The molecule has 0 aromatic heterocycles. The number of benzene rings is 1. The molecule has 0 aliphatic carbocycles. The van der Waals surface area contributed by atoms with Crippen molar-refractivity contribution in [2.75, 3.05) is 12.8 Å². The Morgan fingerprint density at radius 3 is 2.76 bits per heavy atom. The average Bonchev–Trinajstić information content (AvgIpc) is 2.60. The van der Waals surface area contributed by atoms with Crippen molar-refractivity contribution in [1.82, 2.24) is 10.2 Å². The molecule has 138 valence electrons. The molecule has 1 N–H and O–H groups in total. The maximum atomic E-state index is 12.8. The minimum Gasteiger partial charge on any atom is -0.332 e. The molecule has 3 nitrogen and oxygen atoms in total. The molecular weight excluding hydrogens is 342 g/mol. The summed E-state index contributed by atoms with van der Waals surface area (Å²) in [6.45, 7) is 2.42. The van der Waals surface area contributed by atoms with Crippen molar-refractivity contribution in [3.05, 3.63) is 47.4 Å². The summed E-state index contributed by atoms with van der Waals surface area (Å²) in [5.74, 6) is -0.0527. The minimum absolute atomic E-state index is 0.0527. The summed E-state index contributed by atoms with van der Waals surface area (Å²) in [6.07, 6.45) is 2.71. The molecule has 25 heavy (non-hydrogen) atoms. The fraction of sp³-hybridized carbons (Fsp3) is 0.526. The van der Waals surface area contributed by atoms with Gasteiger partial charge in [0.05, 0.1) is 6.04 Å². The van der Waals surface area contributed by atoms with Crippen molar-refractivity contribution in [3.8, 4) is 0 Å². The fourth-order valence-electron chi connectivity index (χ4n) is 3.26. The predicted molar refractivity (Wildman–Crippen MR) is 99.9 cm³/mol. The molecule has 1 fully saturated rings. The molecule has 1 aromatic carbocycles. The lowest BCUT2D eigenvalue weighted by Gasteiger charge is -2.40. The van der Waals surface area contributed by atoms with E-state index in [1.807, 2.05) is 55.0 Å². The Morgan fingerprint density at radius 1 is 1.40 bits per heavy atom. The zero-order valence-electron chi connectivity index (χ0n) is 14.7. The second-order valence-electron chi connectivity index (χ2n) is 6.44. The topological polar surface area (TPSA) is 32.3 Å². The zero-order valence-corrected chi connectivity index (χ0v) is 15.5. The number of carbonyl (C=O) groups is 1. The lowest BCUT2D eigenvalue weighted by Crippen LogP contribution is -2.48. The minimum atomic E-state index is -2.29. The molecule has 1 saturated heterocycles. The van der Waals surface area contributed by atoms with Crippen LogP contribution in [0.4, 0.5) is 13.6 Å². The van der Waals surface area contributed by atoms with Crippen molar-refractivity contribution in [1.29, 1.82) is 0 Å². The van der Waals surface area contributed by atoms with Crippen LogP contribution in [0.15, 0.2) is 41.8 Å². The van der Waals surface area contributed by atoms with Crippen LogP contribution in [0.1, 0.15) is 37.8 Å². The van der Waals surface area contributed by atoms with Gasteiger partial charge in [0.25, 0.3) is 0 Å². The van der Waals surface area contributed by atoms with Gasteiger partial charge in [0.1, 0.15) is 0 Å². The second kappa shape index (κ2) is 9.80. The Morgan fingerprint density at radius 2 is 2.12 bits per heavy atom. The monoisotopic (exact) mass is 368 g/mol. The van der Waals surface area contributed by atoms with Crippen LogP contribution in [0.25, 0.3) is 0 Å². The number of halogens is 2. The summed E-state index contributed by atoms with van der Waals surface area (Å²) in [4.78, 5) is 14.5. The van der Waals surface area contributed by atoms with Crippen molar-refractivity contribution >= 4 is 17.8 Å². The highest BCUT2D eigenvalue weighted by Gasteiger charge is 2.33. The van der Waals surface area contributed by atoms with E-state index in [-0.39, 0.29) is 30.5 Å². The van der Waals surface area contributed by atoms with Crippen LogP contribution in [0.3, 0.4) is 0 Å². The first-order chi connectivity index (χ1) is 12.0. The highest BCUT2D eigenvalue weighted by Crippen LogP contribution is 2.36. The Labute approximate surface area is 152 Å². The van der Waals surface area contributed by atoms with Crippen LogP contribution < -0.4 is 5.32 Å². The number of carbonyl (C=O) groups excluding carboxylic acids is 1. The molecule has 0 spiro atoms. The van der Waals surface area contributed by atoms with E-state index in [9.17, 15) is 13.6 Å². The number of thioether (sulfide) groups is 1. The standard InChI is InChI=1S/C19H26F2N2OS/c1-14(9-11-25-2)22-19(24)23-10-8-15(13-18(20)21)12-17(23)16-6-4-3-5-7-16/h3-7,9,11,14-15,17-18H,8,10,12-13H2,1-2H3,(H,22,24)/b11-9+. The third kappa shape index (κ3) is 6.03. The molecule has 0 radical (unpaired) electrons. The molecule has 0 bridgehead atoms. The first-order valence-electron chi connectivity index (χ1n) is 8.61. The lowest BCUT2D eigenvalue weighted by atomic mass is 9.85. The summed E-state index contributed by atoms with van der Waals surface area (Å²) in [7, 11) is 0. The predicted octanol–water partition coefficient (Wildman–Crippen LogP) is 5.07. The largest absolute Gasteiger partial charge is 0.332 e. The van der Waals surface area contributed by atoms with Gasteiger partial charge >= 0.3 is 6.03 Å². The molecule has 2 rings (SSSR count). The molecule has 0 saturated carbocycles. The number of urea groups is 1. The number of hydrogen-bond acceptors (Lipinski definition) is 2. The quantitative estimate of drug-likeness (QED) is 0.760. The average molecular weight is 368 g/mol.